The van der Waals surface area contributed by atoms with Gasteiger partial charge in [0.2, 0.25) is 0 Å². The Morgan fingerprint density at radius 2 is 2.08 bits per heavy atom. The van der Waals surface area contributed by atoms with Crippen molar-refractivity contribution in [3.63, 3.8) is 0 Å². The molecular weight excluding hydrogens is 332 g/mol. The predicted octanol–water partition coefficient (Wildman–Crippen LogP) is 4.04. The number of nitrogens with zero attached hydrogens (tertiary/aromatic N) is 1. The number of piperidine rings is 1. The lowest BCUT2D eigenvalue weighted by Crippen LogP contribution is -2.46. The Morgan fingerprint density at radius 1 is 1.24 bits per heavy atom. The fraction of sp³-hybridized carbons (Fsp3) is 0.550. The highest BCUT2D eigenvalue weighted by Crippen LogP contribution is 2.29. The molecule has 1 unspecified atom stereocenters. The van der Waals surface area contributed by atoms with Gasteiger partial charge in [-0.25, -0.2) is 4.79 Å². The third-order valence-electron chi connectivity index (χ3n) is 5.55. The zero-order valence-corrected chi connectivity index (χ0v) is 15.4. The summed E-state index contributed by atoms with van der Waals surface area (Å²) in [5.74, 6) is 0.642. The molecule has 1 N–H and O–H groups in total. The van der Waals surface area contributed by atoms with Crippen LogP contribution in [0.2, 0.25) is 0 Å². The second kappa shape index (κ2) is 7.75. The van der Waals surface area contributed by atoms with Crippen molar-refractivity contribution in [1.29, 1.82) is 0 Å². The SMILES string of the molecule is O=C(NCCc1csc2ccccc12)N1CCC(C2CCCO2)CC1. The smallest absolute Gasteiger partial charge is 0.317 e. The summed E-state index contributed by atoms with van der Waals surface area (Å²) >= 11 is 1.78. The summed E-state index contributed by atoms with van der Waals surface area (Å²) in [5.41, 5.74) is 1.33. The Labute approximate surface area is 153 Å². The number of ether oxygens (including phenoxy) is 1. The first-order chi connectivity index (χ1) is 12.3. The van der Waals surface area contributed by atoms with Crippen molar-refractivity contribution < 1.29 is 9.53 Å². The van der Waals surface area contributed by atoms with Crippen LogP contribution in [0, 0.1) is 5.92 Å². The van der Waals surface area contributed by atoms with Crippen LogP contribution in [0.4, 0.5) is 4.79 Å². The normalized spacial score (nSPS) is 21.8. The van der Waals surface area contributed by atoms with Gasteiger partial charge in [-0.15, -0.1) is 11.3 Å². The third-order valence-corrected chi connectivity index (χ3v) is 6.56. The van der Waals surface area contributed by atoms with Crippen LogP contribution in [-0.4, -0.2) is 43.3 Å². The van der Waals surface area contributed by atoms with Crippen LogP contribution in [-0.2, 0) is 11.2 Å². The molecule has 0 aliphatic carbocycles. The molecular formula is C20H26N2O2S. The van der Waals surface area contributed by atoms with Gasteiger partial charge in [0.05, 0.1) is 6.10 Å². The highest BCUT2D eigenvalue weighted by Gasteiger charge is 2.30. The van der Waals surface area contributed by atoms with Crippen LogP contribution < -0.4 is 5.32 Å². The summed E-state index contributed by atoms with van der Waals surface area (Å²) in [6.07, 6.45) is 5.88. The summed E-state index contributed by atoms with van der Waals surface area (Å²) in [6, 6.07) is 8.56. The van der Waals surface area contributed by atoms with Crippen LogP contribution >= 0.6 is 11.3 Å². The molecule has 2 aliphatic rings. The Balaban J connectivity index is 1.23. The highest BCUT2D eigenvalue weighted by molar-refractivity contribution is 7.17. The molecule has 1 aromatic heterocycles. The van der Waals surface area contributed by atoms with E-state index in [1.54, 1.807) is 11.3 Å². The first-order valence-electron chi connectivity index (χ1n) is 9.41. The number of benzene rings is 1. The zero-order chi connectivity index (χ0) is 17.1. The molecule has 4 rings (SSSR count). The maximum atomic E-state index is 12.4. The van der Waals surface area contributed by atoms with Gasteiger partial charge in [-0.1, -0.05) is 18.2 Å². The quantitative estimate of drug-likeness (QED) is 0.896. The van der Waals surface area contributed by atoms with E-state index >= 15 is 0 Å². The maximum Gasteiger partial charge on any atom is 0.317 e. The summed E-state index contributed by atoms with van der Waals surface area (Å²) in [6.45, 7) is 3.34. The largest absolute Gasteiger partial charge is 0.378 e. The van der Waals surface area contributed by atoms with Crippen LogP contribution in [0.5, 0.6) is 0 Å². The van der Waals surface area contributed by atoms with Gasteiger partial charge in [0.15, 0.2) is 0 Å². The molecule has 3 heterocycles. The van der Waals surface area contributed by atoms with E-state index in [2.05, 4.69) is 35.0 Å². The monoisotopic (exact) mass is 358 g/mol. The van der Waals surface area contributed by atoms with E-state index in [1.165, 1.54) is 28.5 Å². The minimum atomic E-state index is 0.0883. The lowest BCUT2D eigenvalue weighted by atomic mass is 9.90. The molecule has 2 fully saturated rings. The number of nitrogens with one attached hydrogen (secondary N) is 1. The summed E-state index contributed by atoms with van der Waals surface area (Å²) in [4.78, 5) is 14.4. The summed E-state index contributed by atoms with van der Waals surface area (Å²) in [5, 5.41) is 6.63. The topological polar surface area (TPSA) is 41.6 Å². The van der Waals surface area contributed by atoms with E-state index in [9.17, 15) is 4.79 Å². The molecule has 2 aromatic rings. The van der Waals surface area contributed by atoms with E-state index in [0.717, 1.165) is 39.0 Å². The van der Waals surface area contributed by atoms with Crippen LogP contribution in [0.25, 0.3) is 10.1 Å². The maximum absolute atomic E-state index is 12.4. The summed E-state index contributed by atoms with van der Waals surface area (Å²) in [7, 11) is 0. The van der Waals surface area contributed by atoms with E-state index in [-0.39, 0.29) is 6.03 Å². The molecule has 2 aliphatic heterocycles. The standard InChI is InChI=1S/C20H26N2O2S/c23-20(22-11-8-15(9-12-22)18-5-3-13-24-18)21-10-7-16-14-25-19-6-2-1-4-17(16)19/h1-2,4,6,14-15,18H,3,5,7-13H2,(H,21,23). The van der Waals surface area contributed by atoms with Crippen molar-refractivity contribution in [3.05, 3.63) is 35.2 Å². The Morgan fingerprint density at radius 3 is 2.88 bits per heavy atom. The summed E-state index contributed by atoms with van der Waals surface area (Å²) < 4.78 is 7.13. The van der Waals surface area contributed by atoms with Crippen LogP contribution in [0.1, 0.15) is 31.2 Å². The molecule has 0 bridgehead atoms. The average molecular weight is 359 g/mol. The molecule has 5 heteroatoms. The molecule has 0 saturated carbocycles. The van der Waals surface area contributed by atoms with E-state index < -0.39 is 0 Å². The van der Waals surface area contributed by atoms with Crippen molar-refractivity contribution in [2.75, 3.05) is 26.2 Å². The van der Waals surface area contributed by atoms with Gasteiger partial charge >= 0.3 is 6.03 Å². The number of hydrogen-bond acceptors (Lipinski definition) is 3. The Bertz CT molecular complexity index is 715. The van der Waals surface area contributed by atoms with Crippen molar-refractivity contribution in [1.82, 2.24) is 10.2 Å². The average Bonchev–Trinajstić information content (AvgIpc) is 3.32. The minimum Gasteiger partial charge on any atom is -0.378 e. The number of urea groups is 1. The molecule has 1 aromatic carbocycles. The molecule has 4 nitrogen and oxygen atoms in total. The van der Waals surface area contributed by atoms with Crippen LogP contribution in [0.3, 0.4) is 0 Å². The van der Waals surface area contributed by atoms with Gasteiger partial charge in [-0.2, -0.15) is 0 Å². The number of likely N-dealkylation sites (tertiary alicyclic amines) is 1. The van der Waals surface area contributed by atoms with E-state index in [0.29, 0.717) is 18.6 Å². The van der Waals surface area contributed by atoms with Gasteiger partial charge < -0.3 is 15.0 Å². The highest BCUT2D eigenvalue weighted by atomic mass is 32.1. The lowest BCUT2D eigenvalue weighted by molar-refractivity contribution is 0.0373. The zero-order valence-electron chi connectivity index (χ0n) is 14.6. The lowest BCUT2D eigenvalue weighted by Gasteiger charge is -2.34. The molecule has 25 heavy (non-hydrogen) atoms. The van der Waals surface area contributed by atoms with E-state index in [4.69, 9.17) is 4.74 Å². The molecule has 2 saturated heterocycles. The number of fused-ring (bicyclic) bond motifs is 1. The van der Waals surface area contributed by atoms with Crippen LogP contribution in [0.15, 0.2) is 29.6 Å². The number of hydrogen-bond donors (Lipinski definition) is 1. The Kier molecular flexibility index (Phi) is 5.22. The minimum absolute atomic E-state index is 0.0883. The first-order valence-corrected chi connectivity index (χ1v) is 10.3. The molecule has 2 amide bonds. The first kappa shape index (κ1) is 16.9. The molecule has 0 spiro atoms. The van der Waals surface area contributed by atoms with Gasteiger partial charge in [0, 0.05) is 30.9 Å². The van der Waals surface area contributed by atoms with Gasteiger partial charge in [-0.3, -0.25) is 0 Å². The van der Waals surface area contributed by atoms with Crippen molar-refractivity contribution in [2.24, 2.45) is 5.92 Å². The van der Waals surface area contributed by atoms with Crippen molar-refractivity contribution in [3.8, 4) is 0 Å². The molecule has 0 radical (unpaired) electrons. The number of carbonyl (C=O) groups is 1. The fourth-order valence-electron chi connectivity index (χ4n) is 4.09. The van der Waals surface area contributed by atoms with Gasteiger partial charge in [-0.05, 0) is 60.4 Å². The second-order valence-electron chi connectivity index (χ2n) is 7.11. The van der Waals surface area contributed by atoms with Gasteiger partial charge in [0.1, 0.15) is 0 Å². The third kappa shape index (κ3) is 3.82. The van der Waals surface area contributed by atoms with Crippen molar-refractivity contribution in [2.45, 2.75) is 38.2 Å². The van der Waals surface area contributed by atoms with Gasteiger partial charge in [0.25, 0.3) is 0 Å². The number of amides is 2. The molecule has 1 atom stereocenters. The van der Waals surface area contributed by atoms with Crippen molar-refractivity contribution >= 4 is 27.5 Å². The number of carbonyl (C=O) groups excluding carboxylic acids is 1. The molecule has 134 valence electrons. The predicted molar refractivity (Wildman–Crippen MR) is 102 cm³/mol. The second-order valence-corrected chi connectivity index (χ2v) is 8.03. The van der Waals surface area contributed by atoms with E-state index in [1.807, 2.05) is 4.90 Å². The fourth-order valence-corrected chi connectivity index (χ4v) is 5.09. The number of rotatable bonds is 4. The number of thiophene rings is 1. The Hall–Kier alpha value is -1.59.